The van der Waals surface area contributed by atoms with Gasteiger partial charge < -0.3 is 5.73 Å². The van der Waals surface area contributed by atoms with Crippen LogP contribution in [0.15, 0.2) is 24.3 Å². The molecule has 1 saturated heterocycles. The third kappa shape index (κ3) is 3.65. The molecule has 0 saturated carbocycles. The van der Waals surface area contributed by atoms with E-state index in [-0.39, 0.29) is 0 Å². The van der Waals surface area contributed by atoms with E-state index >= 15 is 0 Å². The molecule has 1 heterocycles. The molecular formula is C15H22N2O. The van der Waals surface area contributed by atoms with E-state index < -0.39 is 0 Å². The summed E-state index contributed by atoms with van der Waals surface area (Å²) in [5, 5.41) is 0. The maximum Gasteiger partial charge on any atom is 0.151 e. The SMILES string of the molecule is Cc1ccccc1CC(=O)CN1CCC(N)CC1. The first kappa shape index (κ1) is 13.2. The minimum Gasteiger partial charge on any atom is -0.328 e. The van der Waals surface area contributed by atoms with Gasteiger partial charge in [-0.05, 0) is 30.9 Å². The minimum atomic E-state index is 0.305. The molecule has 0 unspecified atom stereocenters. The number of Topliss-reactive ketones (excluding diaryl/α,β-unsaturated/α-hetero) is 1. The van der Waals surface area contributed by atoms with Gasteiger partial charge in [-0.3, -0.25) is 9.69 Å². The van der Waals surface area contributed by atoms with Gasteiger partial charge in [-0.25, -0.2) is 0 Å². The molecule has 1 aromatic rings. The van der Waals surface area contributed by atoms with Crippen molar-refractivity contribution in [3.63, 3.8) is 0 Å². The molecule has 0 spiro atoms. The number of rotatable bonds is 4. The van der Waals surface area contributed by atoms with Crippen LogP contribution in [0, 0.1) is 6.92 Å². The summed E-state index contributed by atoms with van der Waals surface area (Å²) in [4.78, 5) is 14.3. The zero-order valence-corrected chi connectivity index (χ0v) is 11.1. The molecule has 0 bridgehead atoms. The Morgan fingerprint density at radius 2 is 2.00 bits per heavy atom. The number of benzene rings is 1. The highest BCUT2D eigenvalue weighted by Gasteiger charge is 2.18. The first-order chi connectivity index (χ1) is 8.65. The topological polar surface area (TPSA) is 46.3 Å². The van der Waals surface area contributed by atoms with Crippen molar-refractivity contribution in [3.05, 3.63) is 35.4 Å². The molecule has 0 aromatic heterocycles. The summed E-state index contributed by atoms with van der Waals surface area (Å²) in [5.74, 6) is 0.305. The summed E-state index contributed by atoms with van der Waals surface area (Å²) in [6.07, 6.45) is 2.57. The summed E-state index contributed by atoms with van der Waals surface area (Å²) in [7, 11) is 0. The van der Waals surface area contributed by atoms with Gasteiger partial charge in [0.2, 0.25) is 0 Å². The quantitative estimate of drug-likeness (QED) is 0.876. The first-order valence-electron chi connectivity index (χ1n) is 6.69. The van der Waals surface area contributed by atoms with Gasteiger partial charge in [0.05, 0.1) is 6.54 Å². The summed E-state index contributed by atoms with van der Waals surface area (Å²) in [6, 6.07) is 8.43. The first-order valence-corrected chi connectivity index (χ1v) is 6.69. The fourth-order valence-corrected chi connectivity index (χ4v) is 2.44. The molecule has 1 fully saturated rings. The van der Waals surface area contributed by atoms with E-state index in [1.807, 2.05) is 18.2 Å². The largest absolute Gasteiger partial charge is 0.328 e. The number of ketones is 1. The van der Waals surface area contributed by atoms with Crippen molar-refractivity contribution >= 4 is 5.78 Å². The van der Waals surface area contributed by atoms with Crippen LogP contribution >= 0.6 is 0 Å². The average molecular weight is 246 g/mol. The second-order valence-corrected chi connectivity index (χ2v) is 5.26. The Labute approximate surface area is 109 Å². The van der Waals surface area contributed by atoms with E-state index in [1.165, 1.54) is 5.56 Å². The number of nitrogens with zero attached hydrogens (tertiary/aromatic N) is 1. The average Bonchev–Trinajstić information content (AvgIpc) is 2.35. The van der Waals surface area contributed by atoms with Gasteiger partial charge in [0.15, 0.2) is 5.78 Å². The molecule has 98 valence electrons. The molecule has 1 aromatic carbocycles. The maximum absolute atomic E-state index is 12.0. The van der Waals surface area contributed by atoms with Crippen LogP contribution in [0.5, 0.6) is 0 Å². The number of piperidine rings is 1. The molecule has 0 atom stereocenters. The fraction of sp³-hybridized carbons (Fsp3) is 0.533. The highest BCUT2D eigenvalue weighted by Crippen LogP contribution is 2.11. The van der Waals surface area contributed by atoms with Gasteiger partial charge in [0, 0.05) is 25.6 Å². The number of nitrogens with two attached hydrogens (primary N) is 1. The van der Waals surface area contributed by atoms with Crippen molar-refractivity contribution in [3.8, 4) is 0 Å². The van der Waals surface area contributed by atoms with Crippen LogP contribution in [0.2, 0.25) is 0 Å². The van der Waals surface area contributed by atoms with Crippen molar-refractivity contribution in [1.29, 1.82) is 0 Å². The fourth-order valence-electron chi connectivity index (χ4n) is 2.44. The lowest BCUT2D eigenvalue weighted by molar-refractivity contribution is -0.119. The van der Waals surface area contributed by atoms with E-state index in [9.17, 15) is 4.79 Å². The molecular weight excluding hydrogens is 224 g/mol. The highest BCUT2D eigenvalue weighted by molar-refractivity contribution is 5.83. The molecule has 3 heteroatoms. The van der Waals surface area contributed by atoms with Gasteiger partial charge in [-0.15, -0.1) is 0 Å². The Morgan fingerprint density at radius 1 is 1.33 bits per heavy atom. The van der Waals surface area contributed by atoms with Crippen LogP contribution in [0.4, 0.5) is 0 Å². The summed E-state index contributed by atoms with van der Waals surface area (Å²) < 4.78 is 0. The van der Waals surface area contributed by atoms with E-state index in [1.54, 1.807) is 0 Å². The smallest absolute Gasteiger partial charge is 0.151 e. The van der Waals surface area contributed by atoms with Gasteiger partial charge in [-0.1, -0.05) is 24.3 Å². The summed E-state index contributed by atoms with van der Waals surface area (Å²) in [6.45, 7) is 4.55. The van der Waals surface area contributed by atoms with Gasteiger partial charge in [-0.2, -0.15) is 0 Å². The number of hydrogen-bond donors (Lipinski definition) is 1. The van der Waals surface area contributed by atoms with Crippen LogP contribution in [-0.4, -0.2) is 36.4 Å². The third-order valence-corrected chi connectivity index (χ3v) is 3.68. The van der Waals surface area contributed by atoms with Crippen molar-refractivity contribution in [2.75, 3.05) is 19.6 Å². The molecule has 0 aliphatic carbocycles. The van der Waals surface area contributed by atoms with Gasteiger partial charge in [0.1, 0.15) is 0 Å². The predicted octanol–water partition coefficient (Wildman–Crippen LogP) is 1.53. The van der Waals surface area contributed by atoms with Crippen LogP contribution in [0.3, 0.4) is 0 Å². The molecule has 1 aliphatic rings. The molecule has 3 nitrogen and oxygen atoms in total. The second kappa shape index (κ2) is 6.12. The van der Waals surface area contributed by atoms with Gasteiger partial charge >= 0.3 is 0 Å². The van der Waals surface area contributed by atoms with Crippen LogP contribution < -0.4 is 5.73 Å². The maximum atomic E-state index is 12.0. The molecule has 2 N–H and O–H groups in total. The van der Waals surface area contributed by atoms with Crippen molar-refractivity contribution in [2.24, 2.45) is 5.73 Å². The lowest BCUT2D eigenvalue weighted by atomic mass is 10.0. The van der Waals surface area contributed by atoms with Crippen LogP contribution in [-0.2, 0) is 11.2 Å². The number of likely N-dealkylation sites (tertiary alicyclic amines) is 1. The number of carbonyl (C=O) groups is 1. The summed E-state index contributed by atoms with van der Waals surface area (Å²) >= 11 is 0. The van der Waals surface area contributed by atoms with E-state index in [0.717, 1.165) is 31.5 Å². The molecule has 18 heavy (non-hydrogen) atoms. The highest BCUT2D eigenvalue weighted by atomic mass is 16.1. The Balaban J connectivity index is 1.84. The standard InChI is InChI=1S/C15H22N2O/c1-12-4-2-3-5-13(12)10-15(18)11-17-8-6-14(16)7-9-17/h2-5,14H,6-11,16H2,1H3. The lowest BCUT2D eigenvalue weighted by Gasteiger charge is -2.29. The minimum absolute atomic E-state index is 0.305. The Kier molecular flexibility index (Phi) is 4.50. The van der Waals surface area contributed by atoms with Crippen molar-refractivity contribution in [1.82, 2.24) is 4.90 Å². The normalized spacial score (nSPS) is 17.9. The van der Waals surface area contributed by atoms with Gasteiger partial charge in [0.25, 0.3) is 0 Å². The monoisotopic (exact) mass is 246 g/mol. The Hall–Kier alpha value is -1.19. The Morgan fingerprint density at radius 3 is 2.67 bits per heavy atom. The second-order valence-electron chi connectivity index (χ2n) is 5.26. The molecule has 0 radical (unpaired) electrons. The van der Waals surface area contributed by atoms with Crippen molar-refractivity contribution < 1.29 is 4.79 Å². The predicted molar refractivity (Wildman–Crippen MR) is 73.5 cm³/mol. The van der Waals surface area contributed by atoms with Crippen molar-refractivity contribution in [2.45, 2.75) is 32.2 Å². The zero-order valence-electron chi connectivity index (χ0n) is 11.1. The molecule has 2 rings (SSSR count). The van der Waals surface area contributed by atoms with E-state index in [4.69, 9.17) is 5.73 Å². The van der Waals surface area contributed by atoms with E-state index in [0.29, 0.717) is 24.8 Å². The van der Waals surface area contributed by atoms with Crippen LogP contribution in [0.25, 0.3) is 0 Å². The lowest BCUT2D eigenvalue weighted by Crippen LogP contribution is -2.42. The summed E-state index contributed by atoms with van der Waals surface area (Å²) in [5.41, 5.74) is 8.21. The van der Waals surface area contributed by atoms with Crippen LogP contribution in [0.1, 0.15) is 24.0 Å². The zero-order chi connectivity index (χ0) is 13.0. The number of aryl methyl sites for hydroxylation is 1. The number of carbonyl (C=O) groups excluding carboxylic acids is 1. The molecule has 0 amide bonds. The van der Waals surface area contributed by atoms with E-state index in [2.05, 4.69) is 17.9 Å². The molecule has 1 aliphatic heterocycles. The third-order valence-electron chi connectivity index (χ3n) is 3.68. The number of hydrogen-bond acceptors (Lipinski definition) is 3. The Bertz CT molecular complexity index is 409.